The van der Waals surface area contributed by atoms with Gasteiger partial charge in [-0.05, 0) is 38.9 Å². The molecule has 0 aliphatic carbocycles. The molecule has 3 nitrogen and oxygen atoms in total. The molecule has 12 heavy (non-hydrogen) atoms. The van der Waals surface area contributed by atoms with Gasteiger partial charge in [-0.3, -0.25) is 0 Å². The summed E-state index contributed by atoms with van der Waals surface area (Å²) in [7, 11) is 0. The molecule has 1 fully saturated rings. The van der Waals surface area contributed by atoms with E-state index in [2.05, 4.69) is 4.90 Å². The van der Waals surface area contributed by atoms with Crippen molar-refractivity contribution in [1.29, 1.82) is 0 Å². The Morgan fingerprint density at radius 3 is 2.50 bits per heavy atom. The molecule has 1 saturated heterocycles. The van der Waals surface area contributed by atoms with Crippen molar-refractivity contribution in [3.63, 3.8) is 0 Å². The molecular formula is C9H20N2O. The van der Waals surface area contributed by atoms with Gasteiger partial charge >= 0.3 is 0 Å². The van der Waals surface area contributed by atoms with Crippen molar-refractivity contribution < 1.29 is 5.11 Å². The van der Waals surface area contributed by atoms with E-state index in [4.69, 9.17) is 10.8 Å². The van der Waals surface area contributed by atoms with Crippen LogP contribution in [-0.4, -0.2) is 42.3 Å². The van der Waals surface area contributed by atoms with Crippen molar-refractivity contribution in [3.8, 4) is 0 Å². The first-order chi connectivity index (χ1) is 5.83. The second-order valence-corrected chi connectivity index (χ2v) is 3.63. The minimum atomic E-state index is -0.0214. The van der Waals surface area contributed by atoms with Crippen molar-refractivity contribution in [1.82, 2.24) is 4.90 Å². The SMILES string of the molecule is NC(CO)CCN1CCCCC1. The van der Waals surface area contributed by atoms with Crippen molar-refractivity contribution >= 4 is 0 Å². The first kappa shape index (κ1) is 9.96. The number of piperidine rings is 1. The Morgan fingerprint density at radius 2 is 1.92 bits per heavy atom. The van der Waals surface area contributed by atoms with Gasteiger partial charge in [-0.25, -0.2) is 0 Å². The molecule has 1 unspecified atom stereocenters. The Hall–Kier alpha value is -0.120. The fourth-order valence-electron chi connectivity index (χ4n) is 1.62. The summed E-state index contributed by atoms with van der Waals surface area (Å²) < 4.78 is 0. The lowest BCUT2D eigenvalue weighted by molar-refractivity contribution is 0.201. The molecular weight excluding hydrogens is 152 g/mol. The molecule has 1 atom stereocenters. The Labute approximate surface area is 74.5 Å². The second kappa shape index (κ2) is 5.51. The van der Waals surface area contributed by atoms with Gasteiger partial charge in [0, 0.05) is 6.04 Å². The van der Waals surface area contributed by atoms with Crippen molar-refractivity contribution in [2.45, 2.75) is 31.7 Å². The fraction of sp³-hybridized carbons (Fsp3) is 1.00. The lowest BCUT2D eigenvalue weighted by Gasteiger charge is -2.27. The summed E-state index contributed by atoms with van der Waals surface area (Å²) in [5, 5.41) is 8.72. The zero-order valence-electron chi connectivity index (χ0n) is 7.71. The summed E-state index contributed by atoms with van der Waals surface area (Å²) in [6, 6.07) is -0.0214. The van der Waals surface area contributed by atoms with E-state index in [9.17, 15) is 0 Å². The predicted molar refractivity (Wildman–Crippen MR) is 50.0 cm³/mol. The van der Waals surface area contributed by atoms with Gasteiger partial charge in [0.25, 0.3) is 0 Å². The van der Waals surface area contributed by atoms with Crippen molar-refractivity contribution in [2.24, 2.45) is 5.73 Å². The average Bonchev–Trinajstić information content (AvgIpc) is 2.16. The Bertz CT molecular complexity index is 113. The van der Waals surface area contributed by atoms with Crippen LogP contribution in [0.2, 0.25) is 0 Å². The summed E-state index contributed by atoms with van der Waals surface area (Å²) in [6.07, 6.45) is 4.96. The zero-order chi connectivity index (χ0) is 8.81. The van der Waals surface area contributed by atoms with Crippen LogP contribution < -0.4 is 5.73 Å². The van der Waals surface area contributed by atoms with Gasteiger partial charge in [0.1, 0.15) is 0 Å². The third-order valence-electron chi connectivity index (χ3n) is 2.50. The summed E-state index contributed by atoms with van der Waals surface area (Å²) in [6.45, 7) is 3.62. The monoisotopic (exact) mass is 172 g/mol. The number of rotatable bonds is 4. The Kier molecular flexibility index (Phi) is 4.58. The highest BCUT2D eigenvalue weighted by molar-refractivity contribution is 4.67. The molecule has 0 saturated carbocycles. The van der Waals surface area contributed by atoms with Crippen LogP contribution in [0.4, 0.5) is 0 Å². The lowest BCUT2D eigenvalue weighted by Crippen LogP contribution is -2.35. The van der Waals surface area contributed by atoms with Crippen LogP contribution in [0.15, 0.2) is 0 Å². The number of aliphatic hydroxyl groups excluding tert-OH is 1. The molecule has 3 heteroatoms. The molecule has 0 radical (unpaired) electrons. The van der Waals surface area contributed by atoms with Gasteiger partial charge in [0.15, 0.2) is 0 Å². The fourth-order valence-corrected chi connectivity index (χ4v) is 1.62. The van der Waals surface area contributed by atoms with Crippen LogP contribution >= 0.6 is 0 Å². The van der Waals surface area contributed by atoms with Crippen LogP contribution in [0.25, 0.3) is 0 Å². The maximum Gasteiger partial charge on any atom is 0.0583 e. The number of aliphatic hydroxyl groups is 1. The summed E-state index contributed by atoms with van der Waals surface area (Å²) in [5.74, 6) is 0. The van der Waals surface area contributed by atoms with Crippen LogP contribution in [0, 0.1) is 0 Å². The Morgan fingerprint density at radius 1 is 1.25 bits per heavy atom. The number of nitrogens with two attached hydrogens (primary N) is 1. The molecule has 1 aliphatic heterocycles. The largest absolute Gasteiger partial charge is 0.395 e. The summed E-state index contributed by atoms with van der Waals surface area (Å²) >= 11 is 0. The van der Waals surface area contributed by atoms with Gasteiger partial charge in [0.2, 0.25) is 0 Å². The molecule has 0 aromatic heterocycles. The van der Waals surface area contributed by atoms with Crippen LogP contribution in [-0.2, 0) is 0 Å². The van der Waals surface area contributed by atoms with Crippen molar-refractivity contribution in [2.75, 3.05) is 26.2 Å². The first-order valence-corrected chi connectivity index (χ1v) is 4.91. The molecule has 3 N–H and O–H groups in total. The lowest BCUT2D eigenvalue weighted by atomic mass is 10.1. The quantitative estimate of drug-likeness (QED) is 0.636. The van der Waals surface area contributed by atoms with Gasteiger partial charge in [-0.2, -0.15) is 0 Å². The normalized spacial score (nSPS) is 22.5. The van der Waals surface area contributed by atoms with Crippen molar-refractivity contribution in [3.05, 3.63) is 0 Å². The number of likely N-dealkylation sites (tertiary alicyclic amines) is 1. The number of hydrogen-bond donors (Lipinski definition) is 2. The number of hydrogen-bond acceptors (Lipinski definition) is 3. The van der Waals surface area contributed by atoms with Crippen LogP contribution in [0.3, 0.4) is 0 Å². The predicted octanol–water partition coefficient (Wildman–Crippen LogP) is 0.182. The van der Waals surface area contributed by atoms with Gasteiger partial charge in [-0.15, -0.1) is 0 Å². The van der Waals surface area contributed by atoms with E-state index >= 15 is 0 Å². The van der Waals surface area contributed by atoms with Gasteiger partial charge < -0.3 is 15.7 Å². The van der Waals surface area contributed by atoms with E-state index in [0.29, 0.717) is 0 Å². The topological polar surface area (TPSA) is 49.5 Å². The average molecular weight is 172 g/mol. The second-order valence-electron chi connectivity index (χ2n) is 3.63. The molecule has 72 valence electrons. The van der Waals surface area contributed by atoms with E-state index in [1.54, 1.807) is 0 Å². The Balaban J connectivity index is 2.05. The highest BCUT2D eigenvalue weighted by Gasteiger charge is 2.10. The first-order valence-electron chi connectivity index (χ1n) is 4.91. The zero-order valence-corrected chi connectivity index (χ0v) is 7.71. The smallest absolute Gasteiger partial charge is 0.0583 e. The minimum Gasteiger partial charge on any atom is -0.395 e. The maximum atomic E-state index is 8.72. The van der Waals surface area contributed by atoms with E-state index in [1.807, 2.05) is 0 Å². The molecule has 0 aromatic carbocycles. The molecule has 1 heterocycles. The van der Waals surface area contributed by atoms with Crippen LogP contribution in [0.5, 0.6) is 0 Å². The van der Waals surface area contributed by atoms with E-state index in [0.717, 1.165) is 13.0 Å². The standard InChI is InChI=1S/C9H20N2O/c10-9(8-12)4-7-11-5-2-1-3-6-11/h9,12H,1-8,10H2. The van der Waals surface area contributed by atoms with Crippen LogP contribution in [0.1, 0.15) is 25.7 Å². The molecule has 1 aliphatic rings. The molecule has 0 amide bonds. The van der Waals surface area contributed by atoms with Gasteiger partial charge in [0.05, 0.1) is 6.61 Å². The van der Waals surface area contributed by atoms with E-state index < -0.39 is 0 Å². The third-order valence-corrected chi connectivity index (χ3v) is 2.50. The minimum absolute atomic E-state index is 0.0214. The highest BCUT2D eigenvalue weighted by atomic mass is 16.3. The van der Waals surface area contributed by atoms with E-state index in [1.165, 1.54) is 32.4 Å². The summed E-state index contributed by atoms with van der Waals surface area (Å²) in [4.78, 5) is 2.44. The molecule has 0 bridgehead atoms. The highest BCUT2D eigenvalue weighted by Crippen LogP contribution is 2.08. The van der Waals surface area contributed by atoms with E-state index in [-0.39, 0.29) is 12.6 Å². The molecule has 0 spiro atoms. The third kappa shape index (κ3) is 3.52. The van der Waals surface area contributed by atoms with Gasteiger partial charge in [-0.1, -0.05) is 6.42 Å². The molecule has 0 aromatic rings. The maximum absolute atomic E-state index is 8.72. The molecule has 1 rings (SSSR count). The number of nitrogens with zero attached hydrogens (tertiary/aromatic N) is 1. The summed E-state index contributed by atoms with van der Waals surface area (Å²) in [5.41, 5.74) is 5.61.